The third kappa shape index (κ3) is 4.27. The zero-order valence-electron chi connectivity index (χ0n) is 11.0. The van der Waals surface area contributed by atoms with Crippen LogP contribution in [0.15, 0.2) is 14.3 Å². The van der Waals surface area contributed by atoms with Gasteiger partial charge in [0.1, 0.15) is 0 Å². The normalized spacial score (nSPS) is 22.0. The van der Waals surface area contributed by atoms with Crippen LogP contribution in [-0.4, -0.2) is 30.6 Å². The molecule has 1 saturated heterocycles. The van der Waals surface area contributed by atoms with E-state index in [1.54, 1.807) is 0 Å². The molecule has 19 heavy (non-hydrogen) atoms. The van der Waals surface area contributed by atoms with Crippen LogP contribution in [0.5, 0.6) is 0 Å². The van der Waals surface area contributed by atoms with E-state index in [1.165, 1.54) is 58.5 Å². The molecule has 0 amide bonds. The molecule has 2 aliphatic rings. The summed E-state index contributed by atoms with van der Waals surface area (Å²) in [6.07, 6.45) is 5.52. The number of nitrogens with zero attached hydrogens (tertiary/aromatic N) is 1. The van der Waals surface area contributed by atoms with Crippen LogP contribution in [0.4, 0.5) is 0 Å². The molecule has 0 radical (unpaired) electrons. The third-order valence-corrected chi connectivity index (χ3v) is 7.30. The first kappa shape index (κ1) is 14.5. The van der Waals surface area contributed by atoms with Gasteiger partial charge in [0.05, 0.1) is 3.79 Å². The van der Waals surface area contributed by atoms with E-state index >= 15 is 0 Å². The molecule has 0 spiro atoms. The van der Waals surface area contributed by atoms with E-state index in [9.17, 15) is 0 Å². The Hall–Kier alpha value is 0.580. The highest BCUT2D eigenvalue weighted by Gasteiger charge is 2.24. The van der Waals surface area contributed by atoms with E-state index in [0.29, 0.717) is 0 Å². The van der Waals surface area contributed by atoms with Crippen molar-refractivity contribution in [1.82, 2.24) is 10.2 Å². The molecular formula is C14H20Br2N2S. The molecule has 0 aromatic carbocycles. The van der Waals surface area contributed by atoms with Crippen LogP contribution in [0, 0.1) is 5.92 Å². The van der Waals surface area contributed by atoms with Crippen LogP contribution in [0.3, 0.4) is 0 Å². The van der Waals surface area contributed by atoms with Crippen LogP contribution in [0.25, 0.3) is 0 Å². The molecule has 0 bridgehead atoms. The summed E-state index contributed by atoms with van der Waals surface area (Å²) in [7, 11) is 0. The number of nitrogens with one attached hydrogen (secondary N) is 1. The Morgan fingerprint density at radius 3 is 2.53 bits per heavy atom. The molecule has 1 N–H and O–H groups in total. The lowest BCUT2D eigenvalue weighted by Gasteiger charge is -2.32. The molecule has 1 aromatic heterocycles. The van der Waals surface area contributed by atoms with Crippen LogP contribution in [-0.2, 0) is 6.54 Å². The van der Waals surface area contributed by atoms with Crippen molar-refractivity contribution in [2.45, 2.75) is 38.3 Å². The molecule has 0 unspecified atom stereocenters. The minimum Gasteiger partial charge on any atom is -0.314 e. The fourth-order valence-corrected chi connectivity index (χ4v) is 4.86. The Labute approximate surface area is 136 Å². The van der Waals surface area contributed by atoms with Gasteiger partial charge in [0.15, 0.2) is 0 Å². The maximum absolute atomic E-state index is 3.74. The summed E-state index contributed by atoms with van der Waals surface area (Å²) in [4.78, 5) is 4.03. The zero-order valence-corrected chi connectivity index (χ0v) is 15.0. The van der Waals surface area contributed by atoms with E-state index in [0.717, 1.165) is 18.5 Å². The Morgan fingerprint density at radius 1 is 1.21 bits per heavy atom. The van der Waals surface area contributed by atoms with Gasteiger partial charge in [-0.2, -0.15) is 0 Å². The van der Waals surface area contributed by atoms with Crippen molar-refractivity contribution >= 4 is 43.2 Å². The topological polar surface area (TPSA) is 15.3 Å². The summed E-state index contributed by atoms with van der Waals surface area (Å²) < 4.78 is 2.40. The van der Waals surface area contributed by atoms with Gasteiger partial charge in [0.25, 0.3) is 0 Å². The smallest absolute Gasteiger partial charge is 0.0843 e. The zero-order chi connectivity index (χ0) is 13.2. The van der Waals surface area contributed by atoms with Crippen LogP contribution in [0.1, 0.15) is 30.6 Å². The highest BCUT2D eigenvalue weighted by atomic mass is 79.9. The Morgan fingerprint density at radius 2 is 1.95 bits per heavy atom. The van der Waals surface area contributed by atoms with E-state index in [4.69, 9.17) is 0 Å². The van der Waals surface area contributed by atoms with Gasteiger partial charge in [-0.1, -0.05) is 0 Å². The van der Waals surface area contributed by atoms with Gasteiger partial charge in [0.2, 0.25) is 0 Å². The van der Waals surface area contributed by atoms with Crippen molar-refractivity contribution in [1.29, 1.82) is 0 Å². The second-order valence-electron chi connectivity index (χ2n) is 5.74. The van der Waals surface area contributed by atoms with Crippen LogP contribution in [0.2, 0.25) is 0 Å². The number of rotatable bonds is 5. The predicted molar refractivity (Wildman–Crippen MR) is 88.7 cm³/mol. The second kappa shape index (κ2) is 6.56. The molecule has 0 atom stereocenters. The summed E-state index contributed by atoms with van der Waals surface area (Å²) in [5.41, 5.74) is 0. The molecule has 2 fully saturated rings. The van der Waals surface area contributed by atoms with E-state index in [-0.39, 0.29) is 0 Å². The molecule has 1 saturated carbocycles. The summed E-state index contributed by atoms with van der Waals surface area (Å²) in [5, 5.41) is 3.74. The number of hydrogen-bond donors (Lipinski definition) is 1. The largest absolute Gasteiger partial charge is 0.314 e. The molecule has 1 aliphatic heterocycles. The molecule has 2 nitrogen and oxygen atoms in total. The van der Waals surface area contributed by atoms with Crippen molar-refractivity contribution < 1.29 is 0 Å². The predicted octanol–water partition coefficient (Wildman–Crippen LogP) is 4.24. The second-order valence-corrected chi connectivity index (χ2v) is 9.05. The maximum atomic E-state index is 3.74. The van der Waals surface area contributed by atoms with Gasteiger partial charge in [-0.15, -0.1) is 11.3 Å². The molecule has 106 valence electrons. The van der Waals surface area contributed by atoms with Gasteiger partial charge in [-0.05, 0) is 89.2 Å². The standard InChI is InChI=1S/C14H20Br2N2S/c15-13-7-12(19-14(13)16)9-18-5-3-11(4-6-18)17-8-10-1-2-10/h7,10-11,17H,1-6,8-9H2. The highest BCUT2D eigenvalue weighted by molar-refractivity contribution is 9.13. The third-order valence-electron chi connectivity index (χ3n) is 4.06. The van der Waals surface area contributed by atoms with Gasteiger partial charge in [-0.3, -0.25) is 4.90 Å². The highest BCUT2D eigenvalue weighted by Crippen LogP contribution is 2.33. The fraction of sp³-hybridized carbons (Fsp3) is 0.714. The monoisotopic (exact) mass is 406 g/mol. The molecular weight excluding hydrogens is 388 g/mol. The van der Waals surface area contributed by atoms with E-state index in [2.05, 4.69) is 48.1 Å². The first-order valence-corrected chi connectivity index (χ1v) is 9.50. The fourth-order valence-electron chi connectivity index (χ4n) is 2.64. The Bertz CT molecular complexity index is 404. The number of piperidine rings is 1. The quantitative estimate of drug-likeness (QED) is 0.785. The number of halogens is 2. The first-order chi connectivity index (χ1) is 9.20. The Kier molecular flexibility index (Phi) is 5.01. The average molecular weight is 408 g/mol. The van der Waals surface area contributed by atoms with Crippen molar-refractivity contribution in [3.8, 4) is 0 Å². The number of likely N-dealkylation sites (tertiary alicyclic amines) is 1. The summed E-state index contributed by atoms with van der Waals surface area (Å²) in [6.45, 7) is 4.82. The van der Waals surface area contributed by atoms with Crippen molar-refractivity contribution in [3.63, 3.8) is 0 Å². The maximum Gasteiger partial charge on any atom is 0.0843 e. The lowest BCUT2D eigenvalue weighted by Crippen LogP contribution is -2.42. The molecule has 5 heteroatoms. The average Bonchev–Trinajstić information content (AvgIpc) is 3.16. The van der Waals surface area contributed by atoms with Gasteiger partial charge < -0.3 is 5.32 Å². The Balaban J connectivity index is 1.41. The van der Waals surface area contributed by atoms with E-state index < -0.39 is 0 Å². The van der Waals surface area contributed by atoms with Crippen molar-refractivity contribution in [2.24, 2.45) is 5.92 Å². The minimum absolute atomic E-state index is 0.763. The van der Waals surface area contributed by atoms with Crippen molar-refractivity contribution in [3.05, 3.63) is 19.2 Å². The molecule has 1 aliphatic carbocycles. The molecule has 2 heterocycles. The van der Waals surface area contributed by atoms with Gasteiger partial charge >= 0.3 is 0 Å². The number of hydrogen-bond acceptors (Lipinski definition) is 3. The van der Waals surface area contributed by atoms with Crippen molar-refractivity contribution in [2.75, 3.05) is 19.6 Å². The molecule has 1 aromatic rings. The lowest BCUT2D eigenvalue weighted by atomic mass is 10.0. The summed E-state index contributed by atoms with van der Waals surface area (Å²) >= 11 is 8.98. The van der Waals surface area contributed by atoms with Gasteiger partial charge in [0, 0.05) is 21.9 Å². The van der Waals surface area contributed by atoms with Gasteiger partial charge in [-0.25, -0.2) is 0 Å². The van der Waals surface area contributed by atoms with Crippen LogP contribution < -0.4 is 5.32 Å². The lowest BCUT2D eigenvalue weighted by molar-refractivity contribution is 0.191. The summed E-state index contributed by atoms with van der Waals surface area (Å²) in [5.74, 6) is 0.999. The van der Waals surface area contributed by atoms with E-state index in [1.807, 2.05) is 11.3 Å². The van der Waals surface area contributed by atoms with Crippen LogP contribution >= 0.6 is 43.2 Å². The number of thiophene rings is 1. The first-order valence-electron chi connectivity index (χ1n) is 7.10. The SMILES string of the molecule is Brc1cc(CN2CCC(NCC3CC3)CC2)sc1Br. The summed E-state index contributed by atoms with van der Waals surface area (Å²) in [6, 6.07) is 3.00. The minimum atomic E-state index is 0.763. The molecule has 3 rings (SSSR count).